The average molecular weight is 301 g/mol. The van der Waals surface area contributed by atoms with E-state index in [1.807, 2.05) is 24.4 Å². The zero-order valence-corrected chi connectivity index (χ0v) is 12.6. The van der Waals surface area contributed by atoms with Gasteiger partial charge in [0.05, 0.1) is 12.5 Å². The Morgan fingerprint density at radius 3 is 2.55 bits per heavy atom. The Bertz CT molecular complexity index is 635. The molecule has 1 aromatic heterocycles. The van der Waals surface area contributed by atoms with Crippen molar-refractivity contribution in [1.29, 1.82) is 0 Å². The van der Waals surface area contributed by atoms with E-state index in [1.165, 1.54) is 4.90 Å². The van der Waals surface area contributed by atoms with E-state index in [0.717, 1.165) is 5.56 Å². The third-order valence-electron chi connectivity index (χ3n) is 3.42. The topological polar surface area (TPSA) is 75.4 Å². The van der Waals surface area contributed by atoms with Gasteiger partial charge >= 0.3 is 5.97 Å². The normalized spacial score (nSPS) is 11.9. The van der Waals surface area contributed by atoms with Gasteiger partial charge in [0.1, 0.15) is 0 Å². The lowest BCUT2D eigenvalue weighted by Gasteiger charge is -2.19. The molecule has 0 aliphatic carbocycles. The summed E-state index contributed by atoms with van der Waals surface area (Å²) in [4.78, 5) is 24.5. The van der Waals surface area contributed by atoms with Gasteiger partial charge in [-0.15, -0.1) is 0 Å². The van der Waals surface area contributed by atoms with Crippen LogP contribution in [0.3, 0.4) is 0 Å². The van der Waals surface area contributed by atoms with Crippen molar-refractivity contribution >= 4 is 11.9 Å². The summed E-state index contributed by atoms with van der Waals surface area (Å²) in [7, 11) is 1.61. The van der Waals surface area contributed by atoms with E-state index in [0.29, 0.717) is 12.1 Å². The van der Waals surface area contributed by atoms with E-state index in [-0.39, 0.29) is 12.5 Å². The summed E-state index contributed by atoms with van der Waals surface area (Å²) in [5, 5.41) is 13.0. The number of hydrogen-bond donors (Lipinski definition) is 1. The minimum absolute atomic E-state index is 0.182. The largest absolute Gasteiger partial charge is 0.481 e. The molecule has 0 aliphatic heterocycles. The Balaban J connectivity index is 2.00. The monoisotopic (exact) mass is 301 g/mol. The molecule has 22 heavy (non-hydrogen) atoms. The van der Waals surface area contributed by atoms with Gasteiger partial charge in [0.15, 0.2) is 0 Å². The number of aromatic nitrogens is 2. The van der Waals surface area contributed by atoms with Crippen LogP contribution in [0.2, 0.25) is 0 Å². The maximum Gasteiger partial charge on any atom is 0.308 e. The number of aliphatic carboxylic acids is 1. The van der Waals surface area contributed by atoms with Crippen molar-refractivity contribution in [3.05, 3.63) is 53.9 Å². The molecule has 1 aromatic carbocycles. The van der Waals surface area contributed by atoms with Gasteiger partial charge in [-0.3, -0.25) is 14.3 Å². The summed E-state index contributed by atoms with van der Waals surface area (Å²) < 4.78 is 1.80. The second-order valence-electron chi connectivity index (χ2n) is 5.33. The fraction of sp³-hybridized carbons (Fsp3) is 0.312. The van der Waals surface area contributed by atoms with E-state index in [4.69, 9.17) is 5.11 Å². The second kappa shape index (κ2) is 6.89. The first-order valence-electron chi connectivity index (χ1n) is 7.02. The van der Waals surface area contributed by atoms with Crippen molar-refractivity contribution in [2.24, 2.45) is 5.92 Å². The van der Waals surface area contributed by atoms with Crippen molar-refractivity contribution in [3.8, 4) is 0 Å². The Morgan fingerprint density at radius 2 is 2.00 bits per heavy atom. The molecule has 0 bridgehead atoms. The quantitative estimate of drug-likeness (QED) is 0.881. The summed E-state index contributed by atoms with van der Waals surface area (Å²) in [6.07, 6.45) is 3.59. The molecule has 1 atom stereocenters. The Kier molecular flexibility index (Phi) is 4.93. The number of carboxylic acids is 1. The summed E-state index contributed by atoms with van der Waals surface area (Å²) in [6, 6.07) is 9.12. The number of nitrogens with zero attached hydrogens (tertiary/aromatic N) is 3. The number of hydrogen-bond acceptors (Lipinski definition) is 3. The highest BCUT2D eigenvalue weighted by molar-refractivity contribution is 5.94. The third kappa shape index (κ3) is 3.94. The maximum absolute atomic E-state index is 12.2. The summed E-state index contributed by atoms with van der Waals surface area (Å²) in [5.41, 5.74) is 1.59. The minimum Gasteiger partial charge on any atom is -0.481 e. The molecule has 2 aromatic rings. The van der Waals surface area contributed by atoms with Crippen LogP contribution in [-0.4, -0.2) is 45.3 Å². The number of benzene rings is 1. The third-order valence-corrected chi connectivity index (χ3v) is 3.42. The van der Waals surface area contributed by atoms with Crippen LogP contribution in [0.1, 0.15) is 22.8 Å². The van der Waals surface area contributed by atoms with Gasteiger partial charge in [-0.05, 0) is 23.8 Å². The first kappa shape index (κ1) is 15.8. The standard InChI is InChI=1S/C16H19N3O3/c1-12(16(21)22)10-18(2)15(20)14-6-4-13(5-7-14)11-19-9-3-8-17-19/h3-9,12H,10-11H2,1-2H3,(H,21,22). The number of amides is 1. The Hall–Kier alpha value is -2.63. The van der Waals surface area contributed by atoms with Crippen LogP contribution in [0.15, 0.2) is 42.7 Å². The van der Waals surface area contributed by atoms with Gasteiger partial charge in [0.2, 0.25) is 0 Å². The molecule has 0 aliphatic rings. The predicted octanol–water partition coefficient (Wildman–Crippen LogP) is 1.72. The zero-order chi connectivity index (χ0) is 16.1. The summed E-state index contributed by atoms with van der Waals surface area (Å²) in [5.74, 6) is -1.68. The van der Waals surface area contributed by atoms with E-state index in [9.17, 15) is 9.59 Å². The highest BCUT2D eigenvalue weighted by Gasteiger charge is 2.18. The molecule has 0 saturated carbocycles. The molecule has 1 unspecified atom stereocenters. The maximum atomic E-state index is 12.2. The van der Waals surface area contributed by atoms with Gasteiger partial charge in [-0.25, -0.2) is 0 Å². The molecular weight excluding hydrogens is 282 g/mol. The van der Waals surface area contributed by atoms with Gasteiger partial charge in [0, 0.05) is 31.5 Å². The second-order valence-corrected chi connectivity index (χ2v) is 5.33. The molecule has 0 spiro atoms. The Morgan fingerprint density at radius 1 is 1.32 bits per heavy atom. The molecule has 0 saturated heterocycles. The molecule has 1 heterocycles. The first-order valence-corrected chi connectivity index (χ1v) is 7.02. The van der Waals surface area contributed by atoms with Gasteiger partial charge < -0.3 is 10.0 Å². The van der Waals surface area contributed by atoms with Crippen molar-refractivity contribution in [2.75, 3.05) is 13.6 Å². The SMILES string of the molecule is CC(CN(C)C(=O)c1ccc(Cn2cccn2)cc1)C(=O)O. The Labute approximate surface area is 129 Å². The molecule has 0 fully saturated rings. The predicted molar refractivity (Wildman–Crippen MR) is 81.5 cm³/mol. The van der Waals surface area contributed by atoms with Crippen LogP contribution < -0.4 is 0 Å². The van der Waals surface area contributed by atoms with Crippen molar-refractivity contribution in [2.45, 2.75) is 13.5 Å². The minimum atomic E-state index is -0.908. The average Bonchev–Trinajstić information content (AvgIpc) is 3.00. The smallest absolute Gasteiger partial charge is 0.308 e. The van der Waals surface area contributed by atoms with Gasteiger partial charge in [-0.1, -0.05) is 19.1 Å². The lowest BCUT2D eigenvalue weighted by molar-refractivity contribution is -0.141. The number of carbonyl (C=O) groups excluding carboxylic acids is 1. The number of rotatable bonds is 6. The van der Waals surface area contributed by atoms with Gasteiger partial charge in [0.25, 0.3) is 5.91 Å². The molecule has 6 heteroatoms. The molecule has 116 valence electrons. The summed E-state index contributed by atoms with van der Waals surface area (Å²) in [6.45, 7) is 2.41. The molecule has 2 rings (SSSR count). The zero-order valence-electron chi connectivity index (χ0n) is 12.6. The molecule has 1 amide bonds. The van der Waals surface area contributed by atoms with Crippen LogP contribution in [0.5, 0.6) is 0 Å². The van der Waals surface area contributed by atoms with E-state index < -0.39 is 11.9 Å². The lowest BCUT2D eigenvalue weighted by atomic mass is 10.1. The van der Waals surface area contributed by atoms with E-state index in [1.54, 1.807) is 37.0 Å². The number of carboxylic acid groups (broad SMARTS) is 1. The molecule has 6 nitrogen and oxygen atoms in total. The molecule has 1 N–H and O–H groups in total. The first-order chi connectivity index (χ1) is 10.5. The van der Waals surface area contributed by atoms with Crippen molar-refractivity contribution in [1.82, 2.24) is 14.7 Å². The van der Waals surface area contributed by atoms with Crippen LogP contribution >= 0.6 is 0 Å². The van der Waals surface area contributed by atoms with E-state index >= 15 is 0 Å². The highest BCUT2D eigenvalue weighted by atomic mass is 16.4. The van der Waals surface area contributed by atoms with Crippen molar-refractivity contribution in [3.63, 3.8) is 0 Å². The number of carbonyl (C=O) groups is 2. The van der Waals surface area contributed by atoms with Crippen LogP contribution in [0, 0.1) is 5.92 Å². The fourth-order valence-electron chi connectivity index (χ4n) is 2.13. The van der Waals surface area contributed by atoms with Crippen LogP contribution in [0.25, 0.3) is 0 Å². The summed E-state index contributed by atoms with van der Waals surface area (Å²) >= 11 is 0. The van der Waals surface area contributed by atoms with Crippen LogP contribution in [-0.2, 0) is 11.3 Å². The fourth-order valence-corrected chi connectivity index (χ4v) is 2.13. The van der Waals surface area contributed by atoms with Crippen molar-refractivity contribution < 1.29 is 14.7 Å². The molecule has 0 radical (unpaired) electrons. The highest BCUT2D eigenvalue weighted by Crippen LogP contribution is 2.10. The van der Waals surface area contributed by atoms with Gasteiger partial charge in [-0.2, -0.15) is 5.10 Å². The molecular formula is C16H19N3O3. The van der Waals surface area contributed by atoms with E-state index in [2.05, 4.69) is 5.10 Å². The lowest BCUT2D eigenvalue weighted by Crippen LogP contribution is -2.33. The van der Waals surface area contributed by atoms with Crippen LogP contribution in [0.4, 0.5) is 0 Å².